The first-order valence-corrected chi connectivity index (χ1v) is 8.74. The summed E-state index contributed by atoms with van der Waals surface area (Å²) in [5.74, 6) is -0.813. The van der Waals surface area contributed by atoms with Crippen LogP contribution in [0.3, 0.4) is 0 Å². The third-order valence-electron chi connectivity index (χ3n) is 3.41. The standard InChI is InChI=1S/C18H14F2N2O4S/c1-24-13-5-2-11(3-6-13)18-21-16(26-22-18)9-25-17(23)10-27-15-8-12(19)4-7-14(15)20/h2-8H,9-10H2,1H3. The second-order valence-electron chi connectivity index (χ2n) is 5.26. The number of rotatable bonds is 7. The molecule has 0 radical (unpaired) electrons. The zero-order chi connectivity index (χ0) is 19.2. The van der Waals surface area contributed by atoms with E-state index in [0.29, 0.717) is 17.1 Å². The van der Waals surface area contributed by atoms with Gasteiger partial charge in [0.1, 0.15) is 17.4 Å². The highest BCUT2D eigenvalue weighted by Gasteiger charge is 2.13. The maximum Gasteiger partial charge on any atom is 0.316 e. The molecule has 0 aliphatic carbocycles. The average Bonchev–Trinajstić information content (AvgIpc) is 3.16. The lowest BCUT2D eigenvalue weighted by Crippen LogP contribution is -2.07. The predicted octanol–water partition coefficient (Wildman–Crippen LogP) is 3.86. The van der Waals surface area contributed by atoms with Crippen LogP contribution in [0.4, 0.5) is 8.78 Å². The van der Waals surface area contributed by atoms with E-state index in [9.17, 15) is 13.6 Å². The summed E-state index contributed by atoms with van der Waals surface area (Å²) in [6.45, 7) is -0.214. The minimum Gasteiger partial charge on any atom is -0.497 e. The Labute approximate surface area is 157 Å². The van der Waals surface area contributed by atoms with E-state index in [0.717, 1.165) is 30.0 Å². The number of hydrogen-bond donors (Lipinski definition) is 0. The third-order valence-corrected chi connectivity index (χ3v) is 4.42. The van der Waals surface area contributed by atoms with Crippen molar-refractivity contribution in [1.82, 2.24) is 10.1 Å². The lowest BCUT2D eigenvalue weighted by Gasteiger charge is -2.03. The minimum atomic E-state index is -0.618. The normalized spacial score (nSPS) is 10.6. The summed E-state index contributed by atoms with van der Waals surface area (Å²) in [5, 5.41) is 3.82. The second kappa shape index (κ2) is 8.63. The maximum atomic E-state index is 13.5. The van der Waals surface area contributed by atoms with E-state index in [1.54, 1.807) is 31.4 Å². The maximum absolute atomic E-state index is 13.5. The topological polar surface area (TPSA) is 74.5 Å². The molecular weight excluding hydrogens is 378 g/mol. The van der Waals surface area contributed by atoms with E-state index >= 15 is 0 Å². The van der Waals surface area contributed by atoms with Crippen molar-refractivity contribution in [2.45, 2.75) is 11.5 Å². The van der Waals surface area contributed by atoms with Crippen LogP contribution in [0, 0.1) is 11.6 Å². The molecule has 3 aromatic rings. The Kier molecular flexibility index (Phi) is 6.02. The number of esters is 1. The number of carbonyl (C=O) groups is 1. The number of carbonyl (C=O) groups excluding carboxylic acids is 1. The van der Waals surface area contributed by atoms with Gasteiger partial charge in [-0.25, -0.2) is 8.78 Å². The van der Waals surface area contributed by atoms with Gasteiger partial charge in [-0.1, -0.05) is 5.16 Å². The summed E-state index contributed by atoms with van der Waals surface area (Å²) < 4.78 is 41.7. The van der Waals surface area contributed by atoms with Crippen molar-refractivity contribution in [1.29, 1.82) is 0 Å². The van der Waals surface area contributed by atoms with Crippen LogP contribution in [-0.2, 0) is 16.1 Å². The van der Waals surface area contributed by atoms with Crippen LogP contribution >= 0.6 is 11.8 Å². The minimum absolute atomic E-state index is 0.0338. The fraction of sp³-hybridized carbons (Fsp3) is 0.167. The molecule has 1 aromatic heterocycles. The van der Waals surface area contributed by atoms with Crippen molar-refractivity contribution >= 4 is 17.7 Å². The van der Waals surface area contributed by atoms with Crippen molar-refractivity contribution in [3.05, 3.63) is 60.0 Å². The molecule has 1 heterocycles. The fourth-order valence-corrected chi connectivity index (χ4v) is 2.84. The molecule has 2 aromatic carbocycles. The Morgan fingerprint density at radius 3 is 2.70 bits per heavy atom. The summed E-state index contributed by atoms with van der Waals surface area (Å²) >= 11 is 0.842. The van der Waals surface area contributed by atoms with E-state index in [-0.39, 0.29) is 23.1 Å². The van der Waals surface area contributed by atoms with Gasteiger partial charge in [0.05, 0.1) is 12.9 Å². The van der Waals surface area contributed by atoms with Gasteiger partial charge >= 0.3 is 5.97 Å². The van der Waals surface area contributed by atoms with E-state index in [4.69, 9.17) is 14.0 Å². The van der Waals surface area contributed by atoms with Crippen LogP contribution in [0.25, 0.3) is 11.4 Å². The molecule has 0 spiro atoms. The lowest BCUT2D eigenvalue weighted by molar-refractivity contribution is -0.142. The summed E-state index contributed by atoms with van der Waals surface area (Å²) in [6.07, 6.45) is 0. The highest BCUT2D eigenvalue weighted by atomic mass is 32.2. The Balaban J connectivity index is 1.51. The molecule has 0 atom stereocenters. The molecule has 0 saturated carbocycles. The molecule has 27 heavy (non-hydrogen) atoms. The number of nitrogens with zero attached hydrogens (tertiary/aromatic N) is 2. The average molecular weight is 392 g/mol. The molecule has 9 heteroatoms. The summed E-state index contributed by atoms with van der Waals surface area (Å²) in [7, 11) is 1.57. The highest BCUT2D eigenvalue weighted by molar-refractivity contribution is 8.00. The number of aromatic nitrogens is 2. The van der Waals surface area contributed by atoms with E-state index < -0.39 is 17.6 Å². The number of benzene rings is 2. The first-order valence-electron chi connectivity index (χ1n) is 7.75. The lowest BCUT2D eigenvalue weighted by atomic mass is 10.2. The van der Waals surface area contributed by atoms with Crippen molar-refractivity contribution in [3.8, 4) is 17.1 Å². The molecule has 0 fully saturated rings. The van der Waals surface area contributed by atoms with Gasteiger partial charge in [-0.05, 0) is 42.5 Å². The molecular formula is C18H14F2N2O4S. The molecule has 0 N–H and O–H groups in total. The first kappa shape index (κ1) is 18.8. The van der Waals surface area contributed by atoms with Gasteiger partial charge in [-0.2, -0.15) is 4.98 Å². The third kappa shape index (κ3) is 5.04. The van der Waals surface area contributed by atoms with Crippen molar-refractivity contribution in [2.75, 3.05) is 12.9 Å². The van der Waals surface area contributed by atoms with Crippen LogP contribution < -0.4 is 4.74 Å². The van der Waals surface area contributed by atoms with Gasteiger partial charge in [0.25, 0.3) is 5.89 Å². The Morgan fingerprint density at radius 1 is 1.19 bits per heavy atom. The van der Waals surface area contributed by atoms with Crippen LogP contribution in [0.2, 0.25) is 0 Å². The van der Waals surface area contributed by atoms with Gasteiger partial charge in [0.15, 0.2) is 6.61 Å². The van der Waals surface area contributed by atoms with Crippen LogP contribution in [-0.4, -0.2) is 29.0 Å². The summed E-state index contributed by atoms with van der Waals surface area (Å²) in [4.78, 5) is 15.9. The monoisotopic (exact) mass is 392 g/mol. The molecule has 0 unspecified atom stereocenters. The number of hydrogen-bond acceptors (Lipinski definition) is 7. The number of ether oxygens (including phenoxy) is 2. The SMILES string of the molecule is COc1ccc(-c2noc(COC(=O)CSc3cc(F)ccc3F)n2)cc1. The van der Waals surface area contributed by atoms with E-state index in [1.807, 2.05) is 0 Å². The number of thioether (sulfide) groups is 1. The van der Waals surface area contributed by atoms with Crippen LogP contribution in [0.1, 0.15) is 5.89 Å². The highest BCUT2D eigenvalue weighted by Crippen LogP contribution is 2.23. The van der Waals surface area contributed by atoms with E-state index in [2.05, 4.69) is 10.1 Å². The van der Waals surface area contributed by atoms with Crippen molar-refractivity contribution < 1.29 is 27.6 Å². The number of halogens is 2. The molecule has 3 rings (SSSR count). The zero-order valence-electron chi connectivity index (χ0n) is 14.1. The zero-order valence-corrected chi connectivity index (χ0v) is 15.0. The van der Waals surface area contributed by atoms with Gasteiger partial charge < -0.3 is 14.0 Å². The molecule has 0 aliphatic rings. The number of methoxy groups -OCH3 is 1. The van der Waals surface area contributed by atoms with Gasteiger partial charge in [-0.15, -0.1) is 11.8 Å². The molecule has 0 amide bonds. The van der Waals surface area contributed by atoms with Crippen LogP contribution in [0.5, 0.6) is 5.75 Å². The van der Waals surface area contributed by atoms with Crippen molar-refractivity contribution in [3.63, 3.8) is 0 Å². The summed E-state index contributed by atoms with van der Waals surface area (Å²) in [5.41, 5.74) is 0.717. The quantitative estimate of drug-likeness (QED) is 0.446. The molecule has 0 aliphatic heterocycles. The molecule has 0 bridgehead atoms. The van der Waals surface area contributed by atoms with E-state index in [1.165, 1.54) is 0 Å². The molecule has 140 valence electrons. The Bertz CT molecular complexity index is 931. The van der Waals surface area contributed by atoms with Gasteiger partial charge in [0.2, 0.25) is 5.82 Å². The Morgan fingerprint density at radius 2 is 1.96 bits per heavy atom. The second-order valence-corrected chi connectivity index (χ2v) is 6.28. The largest absolute Gasteiger partial charge is 0.497 e. The Hall–Kier alpha value is -2.94. The van der Waals surface area contributed by atoms with Crippen LogP contribution in [0.15, 0.2) is 51.9 Å². The molecule has 6 nitrogen and oxygen atoms in total. The predicted molar refractivity (Wildman–Crippen MR) is 93.2 cm³/mol. The summed E-state index contributed by atoms with van der Waals surface area (Å²) in [6, 6.07) is 10.1. The van der Waals surface area contributed by atoms with Crippen molar-refractivity contribution in [2.24, 2.45) is 0 Å². The molecule has 0 saturated heterocycles. The smallest absolute Gasteiger partial charge is 0.316 e. The van der Waals surface area contributed by atoms with Gasteiger partial charge in [-0.3, -0.25) is 4.79 Å². The fourth-order valence-electron chi connectivity index (χ4n) is 2.08. The van der Waals surface area contributed by atoms with Gasteiger partial charge in [0, 0.05) is 10.5 Å². The first-order chi connectivity index (χ1) is 13.0.